The second kappa shape index (κ2) is 4.34. The second-order valence-electron chi connectivity index (χ2n) is 3.38. The SMILES string of the molecule is Cc1ncc(C(N)CO)c(N(C)C)n1. The minimum absolute atomic E-state index is 0.104. The molecule has 3 N–H and O–H groups in total. The monoisotopic (exact) mass is 196 g/mol. The molecule has 0 radical (unpaired) electrons. The summed E-state index contributed by atoms with van der Waals surface area (Å²) >= 11 is 0. The van der Waals surface area contributed by atoms with Crippen molar-refractivity contribution in [3.63, 3.8) is 0 Å². The fourth-order valence-electron chi connectivity index (χ4n) is 1.19. The zero-order chi connectivity index (χ0) is 10.7. The molecule has 0 amide bonds. The first-order chi connectivity index (χ1) is 6.56. The Morgan fingerprint density at radius 3 is 2.71 bits per heavy atom. The lowest BCUT2D eigenvalue weighted by Crippen LogP contribution is -2.21. The number of anilines is 1. The summed E-state index contributed by atoms with van der Waals surface area (Å²) < 4.78 is 0. The molecule has 5 heteroatoms. The molecule has 14 heavy (non-hydrogen) atoms. The van der Waals surface area contributed by atoms with Crippen molar-refractivity contribution in [2.75, 3.05) is 25.6 Å². The van der Waals surface area contributed by atoms with Crippen LogP contribution in [-0.4, -0.2) is 35.8 Å². The van der Waals surface area contributed by atoms with Crippen LogP contribution in [0.3, 0.4) is 0 Å². The van der Waals surface area contributed by atoms with E-state index < -0.39 is 6.04 Å². The van der Waals surface area contributed by atoms with Crippen LogP contribution in [0.25, 0.3) is 0 Å². The summed E-state index contributed by atoms with van der Waals surface area (Å²) in [6.45, 7) is 1.72. The van der Waals surface area contributed by atoms with E-state index in [1.54, 1.807) is 6.20 Å². The maximum atomic E-state index is 8.96. The molecule has 0 saturated carbocycles. The number of aromatic nitrogens is 2. The van der Waals surface area contributed by atoms with Crippen LogP contribution in [-0.2, 0) is 0 Å². The third-order valence-electron chi connectivity index (χ3n) is 1.94. The number of rotatable bonds is 3. The van der Waals surface area contributed by atoms with E-state index in [0.29, 0.717) is 5.82 Å². The lowest BCUT2D eigenvalue weighted by molar-refractivity contribution is 0.267. The first-order valence-corrected chi connectivity index (χ1v) is 4.43. The Labute approximate surface area is 83.6 Å². The number of aliphatic hydroxyl groups is 1. The van der Waals surface area contributed by atoms with E-state index in [9.17, 15) is 0 Å². The van der Waals surface area contributed by atoms with Gasteiger partial charge >= 0.3 is 0 Å². The van der Waals surface area contributed by atoms with E-state index in [-0.39, 0.29) is 6.61 Å². The number of aryl methyl sites for hydroxylation is 1. The molecule has 0 aliphatic rings. The molecule has 0 aliphatic heterocycles. The van der Waals surface area contributed by atoms with E-state index in [4.69, 9.17) is 10.8 Å². The molecule has 78 valence electrons. The van der Waals surface area contributed by atoms with Crippen molar-refractivity contribution in [1.82, 2.24) is 9.97 Å². The summed E-state index contributed by atoms with van der Waals surface area (Å²) in [7, 11) is 3.77. The fraction of sp³-hybridized carbons (Fsp3) is 0.556. The van der Waals surface area contributed by atoms with Crippen molar-refractivity contribution in [3.05, 3.63) is 17.6 Å². The van der Waals surface area contributed by atoms with Crippen LogP contribution in [0.2, 0.25) is 0 Å². The van der Waals surface area contributed by atoms with Gasteiger partial charge in [-0.2, -0.15) is 0 Å². The summed E-state index contributed by atoms with van der Waals surface area (Å²) in [6, 6.07) is -0.423. The van der Waals surface area contributed by atoms with E-state index >= 15 is 0 Å². The Hall–Kier alpha value is -1.20. The van der Waals surface area contributed by atoms with Gasteiger partial charge in [0.2, 0.25) is 0 Å². The predicted octanol–water partition coefficient (Wildman–Crippen LogP) is -0.157. The third kappa shape index (κ3) is 2.18. The Balaban J connectivity index is 3.14. The molecule has 0 bridgehead atoms. The van der Waals surface area contributed by atoms with Gasteiger partial charge in [-0.05, 0) is 6.92 Å². The summed E-state index contributed by atoms with van der Waals surface area (Å²) in [4.78, 5) is 10.2. The largest absolute Gasteiger partial charge is 0.394 e. The molecular formula is C9H16N4O. The summed E-state index contributed by atoms with van der Waals surface area (Å²) in [5.41, 5.74) is 6.49. The van der Waals surface area contributed by atoms with Gasteiger partial charge in [0.05, 0.1) is 12.6 Å². The molecule has 0 fully saturated rings. The van der Waals surface area contributed by atoms with E-state index in [0.717, 1.165) is 11.4 Å². The first kappa shape index (κ1) is 10.9. The molecule has 1 aromatic heterocycles. The fourth-order valence-corrected chi connectivity index (χ4v) is 1.19. The quantitative estimate of drug-likeness (QED) is 0.702. The van der Waals surface area contributed by atoms with Gasteiger partial charge in [0.25, 0.3) is 0 Å². The zero-order valence-corrected chi connectivity index (χ0v) is 8.73. The minimum atomic E-state index is -0.423. The molecule has 5 nitrogen and oxygen atoms in total. The number of hydrogen-bond acceptors (Lipinski definition) is 5. The lowest BCUT2D eigenvalue weighted by atomic mass is 10.1. The topological polar surface area (TPSA) is 75.3 Å². The Kier molecular flexibility index (Phi) is 3.38. The van der Waals surface area contributed by atoms with Crippen molar-refractivity contribution in [3.8, 4) is 0 Å². The number of aliphatic hydroxyl groups excluding tert-OH is 1. The van der Waals surface area contributed by atoms with Gasteiger partial charge in [0, 0.05) is 25.9 Å². The average molecular weight is 196 g/mol. The molecule has 1 heterocycles. The van der Waals surface area contributed by atoms with Crippen LogP contribution in [0.5, 0.6) is 0 Å². The Morgan fingerprint density at radius 2 is 2.21 bits per heavy atom. The highest BCUT2D eigenvalue weighted by Gasteiger charge is 2.13. The zero-order valence-electron chi connectivity index (χ0n) is 8.73. The molecule has 0 aliphatic carbocycles. The van der Waals surface area contributed by atoms with Crippen LogP contribution >= 0.6 is 0 Å². The van der Waals surface area contributed by atoms with Crippen LogP contribution in [0.1, 0.15) is 17.4 Å². The second-order valence-corrected chi connectivity index (χ2v) is 3.38. The van der Waals surface area contributed by atoms with Gasteiger partial charge in [-0.3, -0.25) is 0 Å². The molecule has 1 atom stereocenters. The standard InChI is InChI=1S/C9H16N4O/c1-6-11-4-7(8(10)5-14)9(12-6)13(2)3/h4,8,14H,5,10H2,1-3H3. The van der Waals surface area contributed by atoms with Crippen LogP contribution < -0.4 is 10.6 Å². The van der Waals surface area contributed by atoms with Crippen molar-refractivity contribution in [2.45, 2.75) is 13.0 Å². The van der Waals surface area contributed by atoms with Crippen molar-refractivity contribution < 1.29 is 5.11 Å². The summed E-state index contributed by atoms with van der Waals surface area (Å²) in [6.07, 6.45) is 1.67. The average Bonchev–Trinajstić information content (AvgIpc) is 2.16. The minimum Gasteiger partial charge on any atom is -0.394 e. The molecule has 0 aromatic carbocycles. The molecule has 1 unspecified atom stereocenters. The van der Waals surface area contributed by atoms with Crippen molar-refractivity contribution in [1.29, 1.82) is 0 Å². The Morgan fingerprint density at radius 1 is 1.57 bits per heavy atom. The normalized spacial score (nSPS) is 12.6. The molecule has 0 saturated heterocycles. The summed E-state index contributed by atoms with van der Waals surface area (Å²) in [5.74, 6) is 1.46. The highest BCUT2D eigenvalue weighted by Crippen LogP contribution is 2.20. The maximum Gasteiger partial charge on any atom is 0.136 e. The van der Waals surface area contributed by atoms with Gasteiger partial charge in [0.15, 0.2) is 0 Å². The smallest absolute Gasteiger partial charge is 0.136 e. The third-order valence-corrected chi connectivity index (χ3v) is 1.94. The molecule has 0 spiro atoms. The predicted molar refractivity (Wildman–Crippen MR) is 55.1 cm³/mol. The Bertz CT molecular complexity index is 314. The first-order valence-electron chi connectivity index (χ1n) is 4.43. The maximum absolute atomic E-state index is 8.96. The van der Waals surface area contributed by atoms with Gasteiger partial charge in [0.1, 0.15) is 11.6 Å². The molecule has 1 rings (SSSR count). The van der Waals surface area contributed by atoms with E-state index in [1.807, 2.05) is 25.9 Å². The van der Waals surface area contributed by atoms with Crippen LogP contribution in [0.15, 0.2) is 6.20 Å². The van der Waals surface area contributed by atoms with Crippen molar-refractivity contribution in [2.24, 2.45) is 5.73 Å². The van der Waals surface area contributed by atoms with Gasteiger partial charge in [-0.1, -0.05) is 0 Å². The number of hydrogen-bond donors (Lipinski definition) is 2. The molecule has 1 aromatic rings. The van der Waals surface area contributed by atoms with Crippen LogP contribution in [0, 0.1) is 6.92 Å². The summed E-state index contributed by atoms with van der Waals surface area (Å²) in [5, 5.41) is 8.96. The lowest BCUT2D eigenvalue weighted by Gasteiger charge is -2.18. The van der Waals surface area contributed by atoms with Crippen LogP contribution in [0.4, 0.5) is 5.82 Å². The highest BCUT2D eigenvalue weighted by molar-refractivity contribution is 5.46. The number of nitrogens with zero attached hydrogens (tertiary/aromatic N) is 3. The van der Waals surface area contributed by atoms with Gasteiger partial charge in [-0.25, -0.2) is 9.97 Å². The highest BCUT2D eigenvalue weighted by atomic mass is 16.3. The van der Waals surface area contributed by atoms with Gasteiger partial charge < -0.3 is 15.7 Å². The van der Waals surface area contributed by atoms with Gasteiger partial charge in [-0.15, -0.1) is 0 Å². The van der Waals surface area contributed by atoms with E-state index in [2.05, 4.69) is 9.97 Å². The van der Waals surface area contributed by atoms with E-state index in [1.165, 1.54) is 0 Å². The van der Waals surface area contributed by atoms with Crippen molar-refractivity contribution >= 4 is 5.82 Å². The molecular weight excluding hydrogens is 180 g/mol. The number of nitrogens with two attached hydrogens (primary N) is 1.